The minimum Gasteiger partial charge on any atom is -0.506 e. The summed E-state index contributed by atoms with van der Waals surface area (Å²) in [5.41, 5.74) is 1.05. The van der Waals surface area contributed by atoms with Crippen LogP contribution in [0.1, 0.15) is 64.5 Å². The SMILES string of the molecule is CC(C)C1CCC(C)(OCC(O)CO)CC1.O=C1NC(c2cccc([N+](=O)[O-])c2)CCN1c1ccccc1O. The molecule has 0 aromatic heterocycles. The van der Waals surface area contributed by atoms with Crippen molar-refractivity contribution in [3.05, 3.63) is 64.2 Å². The number of non-ortho nitro benzene ring substituents is 1. The third-order valence-electron chi connectivity index (χ3n) is 7.71. The molecule has 1 aliphatic carbocycles. The zero-order valence-corrected chi connectivity index (χ0v) is 23.0. The van der Waals surface area contributed by atoms with Crippen molar-refractivity contribution in [1.82, 2.24) is 5.32 Å². The van der Waals surface area contributed by atoms with Crippen LogP contribution in [0.2, 0.25) is 0 Å². The Morgan fingerprint density at radius 2 is 1.85 bits per heavy atom. The minimum atomic E-state index is -0.736. The van der Waals surface area contributed by atoms with E-state index in [-0.39, 0.29) is 42.3 Å². The third kappa shape index (κ3) is 8.39. The van der Waals surface area contributed by atoms with Crippen LogP contribution in [-0.4, -0.2) is 57.7 Å². The number of nitrogens with one attached hydrogen (secondary N) is 1. The van der Waals surface area contributed by atoms with Crippen LogP contribution in [0, 0.1) is 22.0 Å². The number of hydrogen-bond donors (Lipinski definition) is 4. The highest BCUT2D eigenvalue weighted by atomic mass is 16.6. The summed E-state index contributed by atoms with van der Waals surface area (Å²) in [6.07, 6.45) is 4.40. The smallest absolute Gasteiger partial charge is 0.322 e. The van der Waals surface area contributed by atoms with E-state index in [1.54, 1.807) is 30.3 Å². The first kappa shape index (κ1) is 30.3. The Balaban J connectivity index is 0.000000231. The molecule has 2 atom stereocenters. The summed E-state index contributed by atoms with van der Waals surface area (Å²) in [6.45, 7) is 7.13. The number of rotatable bonds is 8. The van der Waals surface area contributed by atoms with Gasteiger partial charge in [-0.15, -0.1) is 0 Å². The molecule has 4 N–H and O–H groups in total. The molecule has 10 heteroatoms. The standard InChI is InChI=1S/C16H15N3O4.C13H26O3/c20-15-7-2-1-6-14(15)18-9-8-13(17-16(18)21)11-4-3-5-12(10-11)19(22)23;1-10(2)11-4-6-13(3,7-5-11)16-9-12(15)8-14/h1-7,10,13,20H,8-9H2,(H,17,21);10-12,14-15H,4-9H2,1-3H3. The molecule has 2 amide bonds. The number of ether oxygens (including phenoxy) is 1. The van der Waals surface area contributed by atoms with Gasteiger partial charge < -0.3 is 25.4 Å². The molecule has 2 aromatic rings. The average molecular weight is 544 g/mol. The van der Waals surface area contributed by atoms with Gasteiger partial charge in [-0.2, -0.15) is 0 Å². The highest BCUT2D eigenvalue weighted by Crippen LogP contribution is 2.38. The van der Waals surface area contributed by atoms with Gasteiger partial charge in [0.25, 0.3) is 5.69 Å². The Bertz CT molecular complexity index is 1100. The molecule has 2 fully saturated rings. The highest BCUT2D eigenvalue weighted by molar-refractivity contribution is 5.94. The van der Waals surface area contributed by atoms with Crippen molar-refractivity contribution in [1.29, 1.82) is 0 Å². The van der Waals surface area contributed by atoms with Crippen LogP contribution in [0.5, 0.6) is 5.75 Å². The van der Waals surface area contributed by atoms with E-state index in [0.29, 0.717) is 24.2 Å². The number of phenols is 1. The van der Waals surface area contributed by atoms with Gasteiger partial charge in [-0.25, -0.2) is 4.79 Å². The molecule has 39 heavy (non-hydrogen) atoms. The monoisotopic (exact) mass is 543 g/mol. The van der Waals surface area contributed by atoms with E-state index in [2.05, 4.69) is 26.1 Å². The van der Waals surface area contributed by atoms with E-state index >= 15 is 0 Å². The van der Waals surface area contributed by atoms with E-state index in [0.717, 1.165) is 24.7 Å². The van der Waals surface area contributed by atoms with E-state index in [4.69, 9.17) is 9.84 Å². The number of anilines is 1. The van der Waals surface area contributed by atoms with Crippen LogP contribution < -0.4 is 10.2 Å². The molecular formula is C29H41N3O7. The lowest BCUT2D eigenvalue weighted by atomic mass is 9.75. The lowest BCUT2D eigenvalue weighted by molar-refractivity contribution is -0.384. The minimum absolute atomic E-state index is 0.000109. The normalized spacial score (nSPS) is 23.9. The Morgan fingerprint density at radius 1 is 1.15 bits per heavy atom. The molecule has 1 saturated carbocycles. The fraction of sp³-hybridized carbons (Fsp3) is 0.552. The van der Waals surface area contributed by atoms with Gasteiger partial charge in [0.15, 0.2) is 0 Å². The van der Waals surface area contributed by atoms with E-state index < -0.39 is 11.0 Å². The van der Waals surface area contributed by atoms with Crippen LogP contribution in [-0.2, 0) is 4.74 Å². The molecule has 0 spiro atoms. The second kappa shape index (κ2) is 13.7. The Hall–Kier alpha value is -3.21. The predicted octanol–water partition coefficient (Wildman–Crippen LogP) is 4.92. The maximum atomic E-state index is 12.3. The van der Waals surface area contributed by atoms with E-state index in [1.807, 2.05) is 0 Å². The fourth-order valence-corrected chi connectivity index (χ4v) is 5.10. The topological polar surface area (TPSA) is 145 Å². The quantitative estimate of drug-likeness (QED) is 0.273. The van der Waals surface area contributed by atoms with Crippen LogP contribution in [0.25, 0.3) is 0 Å². The molecule has 0 bridgehead atoms. The number of carbonyl (C=O) groups excluding carboxylic acids is 1. The van der Waals surface area contributed by atoms with Gasteiger partial charge in [-0.3, -0.25) is 15.0 Å². The Labute approximate surface area is 229 Å². The summed E-state index contributed by atoms with van der Waals surface area (Å²) in [7, 11) is 0. The lowest BCUT2D eigenvalue weighted by Crippen LogP contribution is -2.48. The molecule has 2 aliphatic rings. The number of benzene rings is 2. The number of hydrogen-bond acceptors (Lipinski definition) is 7. The van der Waals surface area contributed by atoms with Gasteiger partial charge >= 0.3 is 6.03 Å². The number of nitro benzene ring substituents is 1. The number of aromatic hydroxyl groups is 1. The van der Waals surface area contributed by atoms with Crippen molar-refractivity contribution >= 4 is 17.4 Å². The first-order valence-electron chi connectivity index (χ1n) is 13.6. The number of aliphatic hydroxyl groups excluding tert-OH is 2. The van der Waals surface area contributed by atoms with Crippen LogP contribution in [0.3, 0.4) is 0 Å². The number of amides is 2. The van der Waals surface area contributed by atoms with Crippen molar-refractivity contribution in [2.75, 3.05) is 24.7 Å². The number of nitrogens with zero attached hydrogens (tertiary/aromatic N) is 2. The van der Waals surface area contributed by atoms with Crippen LogP contribution >= 0.6 is 0 Å². The van der Waals surface area contributed by atoms with Gasteiger partial charge in [-0.05, 0) is 68.6 Å². The Morgan fingerprint density at radius 3 is 2.44 bits per heavy atom. The Kier molecular flexibility index (Phi) is 10.7. The largest absolute Gasteiger partial charge is 0.506 e. The van der Waals surface area contributed by atoms with Crippen LogP contribution in [0.4, 0.5) is 16.2 Å². The number of aliphatic hydroxyl groups is 2. The molecule has 4 rings (SSSR count). The third-order valence-corrected chi connectivity index (χ3v) is 7.71. The molecule has 10 nitrogen and oxygen atoms in total. The zero-order chi connectivity index (χ0) is 28.6. The molecule has 0 radical (unpaired) electrons. The number of urea groups is 1. The van der Waals surface area contributed by atoms with Gasteiger partial charge in [0.2, 0.25) is 0 Å². The molecule has 2 aromatic carbocycles. The van der Waals surface area contributed by atoms with Gasteiger partial charge in [-0.1, -0.05) is 38.1 Å². The highest BCUT2D eigenvalue weighted by Gasteiger charge is 2.33. The van der Waals surface area contributed by atoms with Gasteiger partial charge in [0, 0.05) is 18.7 Å². The summed E-state index contributed by atoms with van der Waals surface area (Å²) in [5, 5.41) is 41.6. The van der Waals surface area contributed by atoms with Crippen molar-refractivity contribution in [3.63, 3.8) is 0 Å². The second-order valence-corrected chi connectivity index (χ2v) is 11.0. The molecule has 1 saturated heterocycles. The maximum Gasteiger partial charge on any atom is 0.322 e. The summed E-state index contributed by atoms with van der Waals surface area (Å²) >= 11 is 0. The lowest BCUT2D eigenvalue weighted by Gasteiger charge is -2.39. The fourth-order valence-electron chi connectivity index (χ4n) is 5.10. The first-order valence-corrected chi connectivity index (χ1v) is 13.6. The van der Waals surface area contributed by atoms with Crippen molar-refractivity contribution in [3.8, 4) is 5.75 Å². The molecule has 1 aliphatic heterocycles. The maximum absolute atomic E-state index is 12.3. The van der Waals surface area contributed by atoms with E-state index in [1.165, 1.54) is 35.9 Å². The van der Waals surface area contributed by atoms with Crippen molar-refractivity contribution in [2.45, 2.75) is 70.6 Å². The van der Waals surface area contributed by atoms with Gasteiger partial charge in [0.1, 0.15) is 11.9 Å². The van der Waals surface area contributed by atoms with Crippen LogP contribution in [0.15, 0.2) is 48.5 Å². The molecule has 1 heterocycles. The predicted molar refractivity (Wildman–Crippen MR) is 149 cm³/mol. The molecular weight excluding hydrogens is 502 g/mol. The number of phenolic OH excluding ortho intramolecular Hbond substituents is 1. The van der Waals surface area contributed by atoms with E-state index in [9.17, 15) is 25.1 Å². The molecule has 214 valence electrons. The summed E-state index contributed by atoms with van der Waals surface area (Å²) < 4.78 is 5.74. The average Bonchev–Trinajstić information content (AvgIpc) is 2.93. The van der Waals surface area contributed by atoms with Crippen molar-refractivity contribution < 1.29 is 29.8 Å². The summed E-state index contributed by atoms with van der Waals surface area (Å²) in [6, 6.07) is 12.3. The number of para-hydroxylation sites is 2. The summed E-state index contributed by atoms with van der Waals surface area (Å²) in [4.78, 5) is 24.2. The van der Waals surface area contributed by atoms with Crippen molar-refractivity contribution in [2.24, 2.45) is 11.8 Å². The number of carbonyl (C=O) groups is 1. The zero-order valence-electron chi connectivity index (χ0n) is 23.0. The summed E-state index contributed by atoms with van der Waals surface area (Å²) in [5.74, 6) is 1.61. The second-order valence-electron chi connectivity index (χ2n) is 11.0. The van der Waals surface area contributed by atoms with Gasteiger partial charge in [0.05, 0.1) is 35.5 Å². The first-order chi connectivity index (χ1) is 18.5. The molecule has 2 unspecified atom stereocenters. The number of nitro groups is 1.